The number of aromatic nitrogens is 2. The average molecular weight is 495 g/mol. The molecule has 1 aliphatic heterocycles. The van der Waals surface area contributed by atoms with Crippen LogP contribution in [0.5, 0.6) is 0 Å². The van der Waals surface area contributed by atoms with E-state index in [4.69, 9.17) is 17.0 Å². The van der Waals surface area contributed by atoms with Crippen LogP contribution in [0.2, 0.25) is 0 Å². The van der Waals surface area contributed by atoms with Crippen molar-refractivity contribution in [3.63, 3.8) is 0 Å². The van der Waals surface area contributed by atoms with Crippen LogP contribution in [0.3, 0.4) is 0 Å². The summed E-state index contributed by atoms with van der Waals surface area (Å²) >= 11 is 5.54. The highest BCUT2D eigenvalue weighted by Gasteiger charge is 2.28. The molecule has 0 aliphatic carbocycles. The van der Waals surface area contributed by atoms with Gasteiger partial charge in [-0.15, -0.1) is 6.58 Å². The van der Waals surface area contributed by atoms with Gasteiger partial charge in [0.1, 0.15) is 5.82 Å². The summed E-state index contributed by atoms with van der Waals surface area (Å²) in [4.78, 5) is 6.22. The molecule has 1 atom stereocenters. The number of hydrogen-bond acceptors (Lipinski definition) is 5. The van der Waals surface area contributed by atoms with E-state index in [9.17, 15) is 12.8 Å². The van der Waals surface area contributed by atoms with Crippen LogP contribution < -0.4 is 5.32 Å². The minimum absolute atomic E-state index is 0.0152. The first-order chi connectivity index (χ1) is 15.7. The molecule has 1 saturated heterocycles. The number of nitrogens with one attached hydrogen (secondary N) is 1. The van der Waals surface area contributed by atoms with Crippen LogP contribution in [0.25, 0.3) is 0 Å². The molecule has 1 N–H and O–H groups in total. The third-order valence-corrected chi connectivity index (χ3v) is 7.23. The van der Waals surface area contributed by atoms with Crippen molar-refractivity contribution >= 4 is 27.2 Å². The highest BCUT2D eigenvalue weighted by molar-refractivity contribution is 7.90. The zero-order chi connectivity index (χ0) is 24.0. The monoisotopic (exact) mass is 494 g/mol. The molecule has 1 unspecified atom stereocenters. The fourth-order valence-corrected chi connectivity index (χ4v) is 5.60. The molecule has 0 spiro atoms. The van der Waals surface area contributed by atoms with Crippen molar-refractivity contribution in [2.45, 2.75) is 62.8 Å². The predicted molar refractivity (Wildman–Crippen MR) is 130 cm³/mol. The molecule has 0 radical (unpaired) electrons. The maximum Gasteiger partial charge on any atom is 0.228 e. The second-order valence-corrected chi connectivity index (χ2v) is 10.7. The van der Waals surface area contributed by atoms with Gasteiger partial charge in [-0.25, -0.2) is 17.8 Å². The molecule has 7 nitrogen and oxygen atoms in total. The van der Waals surface area contributed by atoms with Gasteiger partial charge in [-0.2, -0.15) is 0 Å². The maximum atomic E-state index is 13.3. The largest absolute Gasteiger partial charge is 0.376 e. The second kappa shape index (κ2) is 11.2. The van der Waals surface area contributed by atoms with Crippen LogP contribution in [0.1, 0.15) is 37.9 Å². The number of ether oxygens (including phenoxy) is 1. The number of benzene rings is 1. The summed E-state index contributed by atoms with van der Waals surface area (Å²) in [7, 11) is -3.78. The van der Waals surface area contributed by atoms with Crippen molar-refractivity contribution in [2.75, 3.05) is 13.2 Å². The van der Waals surface area contributed by atoms with Crippen LogP contribution in [0.4, 0.5) is 4.39 Å². The van der Waals surface area contributed by atoms with Crippen LogP contribution in [-0.2, 0) is 33.4 Å². The number of imidazole rings is 1. The first kappa shape index (κ1) is 25.3. The van der Waals surface area contributed by atoms with Crippen LogP contribution >= 0.6 is 12.2 Å². The predicted octanol–water partition coefficient (Wildman–Crippen LogP) is 3.45. The van der Waals surface area contributed by atoms with Crippen molar-refractivity contribution in [2.24, 2.45) is 0 Å². The van der Waals surface area contributed by atoms with Crippen LogP contribution in [0.15, 0.2) is 48.3 Å². The third-order valence-electron chi connectivity index (χ3n) is 5.26. The Labute approximate surface area is 200 Å². The van der Waals surface area contributed by atoms with Crippen LogP contribution in [-0.4, -0.2) is 53.3 Å². The van der Waals surface area contributed by atoms with E-state index in [-0.39, 0.29) is 23.1 Å². The summed E-state index contributed by atoms with van der Waals surface area (Å²) in [6, 6.07) is 5.62. The Morgan fingerprint density at radius 1 is 1.42 bits per heavy atom. The van der Waals surface area contributed by atoms with E-state index in [1.807, 2.05) is 18.7 Å². The lowest BCUT2D eigenvalue weighted by Crippen LogP contribution is -2.42. The Bertz CT molecular complexity index is 1060. The highest BCUT2D eigenvalue weighted by Crippen LogP contribution is 2.22. The molecule has 2 aromatic rings. The lowest BCUT2D eigenvalue weighted by atomic mass is 10.2. The van der Waals surface area contributed by atoms with E-state index in [0.717, 1.165) is 18.5 Å². The minimum Gasteiger partial charge on any atom is -0.376 e. The number of thiocarbonyl (C=S) groups is 1. The molecule has 0 amide bonds. The Balaban J connectivity index is 1.92. The van der Waals surface area contributed by atoms with Crippen molar-refractivity contribution in [3.05, 3.63) is 60.2 Å². The van der Waals surface area contributed by atoms with Gasteiger partial charge in [-0.1, -0.05) is 18.2 Å². The average Bonchev–Trinajstić information content (AvgIpc) is 3.40. The van der Waals surface area contributed by atoms with Gasteiger partial charge in [0.05, 0.1) is 36.8 Å². The molecule has 0 bridgehead atoms. The molecule has 10 heteroatoms. The topological polar surface area (TPSA) is 76.5 Å². The third kappa shape index (κ3) is 6.84. The fraction of sp³-hybridized carbons (Fsp3) is 0.478. The van der Waals surface area contributed by atoms with Gasteiger partial charge < -0.3 is 19.5 Å². The van der Waals surface area contributed by atoms with E-state index >= 15 is 0 Å². The molecule has 1 fully saturated rings. The standard InChI is InChI=1S/C23H31FN4O3S2/c1-4-11-27(22(32)26-17(2)3)14-20-13-25-23(28(20)15-21-6-5-12-31-21)33(29,30)16-18-7-9-19(24)10-8-18/h4,7-10,13,17,21H,1,5-6,11-12,14-16H2,2-3H3,(H,26,32). The van der Waals surface area contributed by atoms with Crippen molar-refractivity contribution in [1.29, 1.82) is 0 Å². The lowest BCUT2D eigenvalue weighted by molar-refractivity contribution is 0.0937. The zero-order valence-electron chi connectivity index (χ0n) is 19.0. The summed E-state index contributed by atoms with van der Waals surface area (Å²) in [5.41, 5.74) is 1.22. The molecule has 1 aromatic carbocycles. The molecule has 3 rings (SSSR count). The SMILES string of the molecule is C=CCN(Cc1cnc(S(=O)(=O)Cc2ccc(F)cc2)n1CC1CCCO1)C(=S)NC(C)C. The van der Waals surface area contributed by atoms with E-state index in [2.05, 4.69) is 16.9 Å². The van der Waals surface area contributed by atoms with Crippen molar-refractivity contribution in [3.8, 4) is 0 Å². The molecule has 33 heavy (non-hydrogen) atoms. The Kier molecular flexibility index (Phi) is 8.61. The summed E-state index contributed by atoms with van der Waals surface area (Å²) in [5, 5.41) is 3.77. The Morgan fingerprint density at radius 2 is 2.15 bits per heavy atom. The maximum absolute atomic E-state index is 13.3. The lowest BCUT2D eigenvalue weighted by Gasteiger charge is -2.27. The molecule has 1 aliphatic rings. The Morgan fingerprint density at radius 3 is 2.76 bits per heavy atom. The number of halogens is 1. The summed E-state index contributed by atoms with van der Waals surface area (Å²) < 4.78 is 47.4. The normalized spacial score (nSPS) is 16.2. The summed E-state index contributed by atoms with van der Waals surface area (Å²) in [5.74, 6) is -0.675. The van der Waals surface area contributed by atoms with Crippen LogP contribution in [0, 0.1) is 5.82 Å². The molecular weight excluding hydrogens is 463 g/mol. The molecule has 1 aromatic heterocycles. The van der Waals surface area contributed by atoms with Gasteiger partial charge in [-0.05, 0) is 56.6 Å². The van der Waals surface area contributed by atoms with Gasteiger partial charge in [-0.3, -0.25) is 0 Å². The summed E-state index contributed by atoms with van der Waals surface area (Å²) in [6.07, 6.45) is 5.06. The van der Waals surface area contributed by atoms with E-state index in [1.54, 1.807) is 16.8 Å². The smallest absolute Gasteiger partial charge is 0.228 e. The number of rotatable bonds is 10. The molecule has 0 saturated carbocycles. The van der Waals surface area contributed by atoms with E-state index in [1.165, 1.54) is 24.3 Å². The van der Waals surface area contributed by atoms with Crippen molar-refractivity contribution in [1.82, 2.24) is 19.8 Å². The van der Waals surface area contributed by atoms with Gasteiger partial charge >= 0.3 is 0 Å². The van der Waals surface area contributed by atoms with Gasteiger partial charge in [0.15, 0.2) is 5.11 Å². The molecule has 2 heterocycles. The first-order valence-electron chi connectivity index (χ1n) is 11.0. The van der Waals surface area contributed by atoms with E-state index in [0.29, 0.717) is 36.9 Å². The molecule has 180 valence electrons. The number of hydrogen-bond donors (Lipinski definition) is 1. The zero-order valence-corrected chi connectivity index (χ0v) is 20.7. The van der Waals surface area contributed by atoms with Gasteiger partial charge in [0.2, 0.25) is 15.0 Å². The fourth-order valence-electron chi connectivity index (χ4n) is 3.73. The Hall–Kier alpha value is -2.30. The van der Waals surface area contributed by atoms with Gasteiger partial charge in [0.25, 0.3) is 0 Å². The van der Waals surface area contributed by atoms with Gasteiger partial charge in [0, 0.05) is 19.2 Å². The number of nitrogens with zero attached hydrogens (tertiary/aromatic N) is 3. The highest BCUT2D eigenvalue weighted by atomic mass is 32.2. The van der Waals surface area contributed by atoms with Crippen molar-refractivity contribution < 1.29 is 17.5 Å². The first-order valence-corrected chi connectivity index (χ1v) is 13.0. The quantitative estimate of drug-likeness (QED) is 0.401. The summed E-state index contributed by atoms with van der Waals surface area (Å²) in [6.45, 7) is 9.74. The number of sulfone groups is 1. The van der Waals surface area contributed by atoms with E-state index < -0.39 is 15.7 Å². The molecular formula is C23H31FN4O3S2. The minimum atomic E-state index is -3.78. The second-order valence-electron chi connectivity index (χ2n) is 8.44.